The van der Waals surface area contributed by atoms with Crippen molar-refractivity contribution in [1.82, 2.24) is 0 Å². The number of hydrogen-bond acceptors (Lipinski definition) is 1. The zero-order valence-corrected chi connectivity index (χ0v) is 6.83. The minimum Gasteiger partial charge on any atom is -0.327 e. The Balaban J connectivity index is 2.57. The van der Waals surface area contributed by atoms with Crippen LogP contribution in [-0.2, 0) is 6.42 Å². The summed E-state index contributed by atoms with van der Waals surface area (Å²) in [7, 11) is 0. The Bertz CT molecular complexity index is 268. The second-order valence-electron chi connectivity index (χ2n) is 2.54. The highest BCUT2D eigenvalue weighted by Crippen LogP contribution is 2.04. The van der Waals surface area contributed by atoms with Crippen LogP contribution in [0.3, 0.4) is 0 Å². The first-order valence-corrected chi connectivity index (χ1v) is 3.92. The van der Waals surface area contributed by atoms with Gasteiger partial charge < -0.3 is 5.73 Å². The van der Waals surface area contributed by atoms with Crippen LogP contribution in [0.25, 0.3) is 0 Å². The second-order valence-corrected chi connectivity index (χ2v) is 2.54. The molecular weight excluding hydrogens is 153 g/mol. The Hall–Kier alpha value is -1.15. The Kier molecular flexibility index (Phi) is 3.48. The predicted molar refractivity (Wildman–Crippen MR) is 48.3 cm³/mol. The number of hydrogen-bond donors (Lipinski definition) is 1. The van der Waals surface area contributed by atoms with Gasteiger partial charge in [0.15, 0.2) is 0 Å². The van der Waals surface area contributed by atoms with Crippen molar-refractivity contribution in [1.29, 1.82) is 0 Å². The molecule has 1 rings (SSSR count). The maximum atomic E-state index is 12.6. The molecule has 0 amide bonds. The summed E-state index contributed by atoms with van der Waals surface area (Å²) in [5.74, 6) is -0.186. The Morgan fingerprint density at radius 1 is 1.33 bits per heavy atom. The molecule has 0 spiro atoms. The first-order valence-electron chi connectivity index (χ1n) is 3.92. The van der Waals surface area contributed by atoms with Gasteiger partial charge in [-0.2, -0.15) is 0 Å². The van der Waals surface area contributed by atoms with Crippen molar-refractivity contribution < 1.29 is 4.39 Å². The number of benzene rings is 1. The first kappa shape index (κ1) is 8.94. The van der Waals surface area contributed by atoms with Crippen LogP contribution in [0, 0.1) is 5.82 Å². The van der Waals surface area contributed by atoms with Crippen molar-refractivity contribution in [2.45, 2.75) is 6.42 Å². The third-order valence-electron chi connectivity index (χ3n) is 1.55. The number of rotatable bonds is 3. The quantitative estimate of drug-likeness (QED) is 0.680. The van der Waals surface area contributed by atoms with Crippen molar-refractivity contribution >= 4 is 0 Å². The number of halogens is 1. The van der Waals surface area contributed by atoms with Crippen molar-refractivity contribution in [2.75, 3.05) is 6.54 Å². The fraction of sp³-hybridized carbons (Fsp3) is 0.200. The lowest BCUT2D eigenvalue weighted by atomic mass is 10.1. The molecule has 0 aliphatic carbocycles. The van der Waals surface area contributed by atoms with Gasteiger partial charge in [0.05, 0.1) is 0 Å². The molecule has 0 aromatic heterocycles. The summed E-state index contributed by atoms with van der Waals surface area (Å²) in [4.78, 5) is 0. The maximum absolute atomic E-state index is 12.6. The molecule has 0 aliphatic rings. The lowest BCUT2D eigenvalue weighted by Gasteiger charge is -1.95. The van der Waals surface area contributed by atoms with Crippen molar-refractivity contribution in [3.05, 3.63) is 47.8 Å². The smallest absolute Gasteiger partial charge is 0.123 e. The van der Waals surface area contributed by atoms with Crippen molar-refractivity contribution in [3.8, 4) is 0 Å². The van der Waals surface area contributed by atoms with E-state index in [1.54, 1.807) is 6.07 Å². The molecule has 0 bridgehead atoms. The normalized spacial score (nSPS) is 10.8. The molecule has 0 heterocycles. The standard InChI is InChI=1S/C10H12FN/c11-10-6-3-5-9(8-10)4-1-2-7-12/h1-3,5-6,8H,4,7,12H2/b2-1+. The summed E-state index contributed by atoms with van der Waals surface area (Å²) in [5, 5.41) is 0. The van der Waals surface area contributed by atoms with Crippen LogP contribution in [0.15, 0.2) is 36.4 Å². The molecule has 1 nitrogen and oxygen atoms in total. The fourth-order valence-corrected chi connectivity index (χ4v) is 0.980. The highest BCUT2D eigenvalue weighted by molar-refractivity contribution is 5.18. The number of allylic oxidation sites excluding steroid dienone is 1. The van der Waals surface area contributed by atoms with Gasteiger partial charge in [0, 0.05) is 6.54 Å². The van der Waals surface area contributed by atoms with E-state index in [1.165, 1.54) is 12.1 Å². The van der Waals surface area contributed by atoms with Crippen LogP contribution in [-0.4, -0.2) is 6.54 Å². The van der Waals surface area contributed by atoms with Gasteiger partial charge in [-0.15, -0.1) is 0 Å². The largest absolute Gasteiger partial charge is 0.327 e. The molecule has 1 aromatic rings. The predicted octanol–water partition coefficient (Wildman–Crippen LogP) is 1.88. The molecule has 0 unspecified atom stereocenters. The zero-order chi connectivity index (χ0) is 8.81. The topological polar surface area (TPSA) is 26.0 Å². The summed E-state index contributed by atoms with van der Waals surface area (Å²) in [5.41, 5.74) is 6.23. The van der Waals surface area contributed by atoms with Gasteiger partial charge in [0.2, 0.25) is 0 Å². The summed E-state index contributed by atoms with van der Waals surface area (Å²) in [6, 6.07) is 6.57. The zero-order valence-electron chi connectivity index (χ0n) is 6.83. The molecule has 0 saturated carbocycles. The van der Waals surface area contributed by atoms with Gasteiger partial charge in [-0.3, -0.25) is 0 Å². The first-order chi connectivity index (χ1) is 5.83. The van der Waals surface area contributed by atoms with E-state index in [0.717, 1.165) is 12.0 Å². The average molecular weight is 165 g/mol. The van der Waals surface area contributed by atoms with Crippen molar-refractivity contribution in [2.24, 2.45) is 5.73 Å². The van der Waals surface area contributed by atoms with E-state index in [4.69, 9.17) is 5.73 Å². The molecular formula is C10H12FN. The molecule has 2 heteroatoms. The van der Waals surface area contributed by atoms with Gasteiger partial charge >= 0.3 is 0 Å². The Morgan fingerprint density at radius 2 is 2.17 bits per heavy atom. The van der Waals surface area contributed by atoms with Crippen molar-refractivity contribution in [3.63, 3.8) is 0 Å². The minimum atomic E-state index is -0.186. The van der Waals surface area contributed by atoms with E-state index in [1.807, 2.05) is 18.2 Å². The highest BCUT2D eigenvalue weighted by Gasteiger charge is 1.90. The lowest BCUT2D eigenvalue weighted by Crippen LogP contribution is -1.92. The average Bonchev–Trinajstić information content (AvgIpc) is 2.05. The summed E-state index contributed by atoms with van der Waals surface area (Å²) in [6.45, 7) is 0.537. The summed E-state index contributed by atoms with van der Waals surface area (Å²) >= 11 is 0. The maximum Gasteiger partial charge on any atom is 0.123 e. The molecule has 0 atom stereocenters. The Labute approximate surface area is 71.7 Å². The van der Waals surface area contributed by atoms with E-state index >= 15 is 0 Å². The molecule has 1 aromatic carbocycles. The summed E-state index contributed by atoms with van der Waals surface area (Å²) < 4.78 is 12.6. The van der Waals surface area contributed by atoms with E-state index in [0.29, 0.717) is 6.54 Å². The lowest BCUT2D eigenvalue weighted by molar-refractivity contribution is 0.626. The third-order valence-corrected chi connectivity index (χ3v) is 1.55. The second kappa shape index (κ2) is 4.67. The van der Waals surface area contributed by atoms with Crippen LogP contribution < -0.4 is 5.73 Å². The Morgan fingerprint density at radius 3 is 2.83 bits per heavy atom. The molecule has 0 saturated heterocycles. The minimum absolute atomic E-state index is 0.186. The van der Waals surface area contributed by atoms with Gasteiger partial charge in [0.25, 0.3) is 0 Å². The van der Waals surface area contributed by atoms with E-state index < -0.39 is 0 Å². The van der Waals surface area contributed by atoms with Gasteiger partial charge in [-0.25, -0.2) is 4.39 Å². The van der Waals surface area contributed by atoms with Crippen LogP contribution >= 0.6 is 0 Å². The number of nitrogens with two attached hydrogens (primary N) is 1. The monoisotopic (exact) mass is 165 g/mol. The van der Waals surface area contributed by atoms with Gasteiger partial charge in [-0.05, 0) is 24.1 Å². The van der Waals surface area contributed by atoms with Gasteiger partial charge in [0.1, 0.15) is 5.82 Å². The molecule has 2 N–H and O–H groups in total. The summed E-state index contributed by atoms with van der Waals surface area (Å²) in [6.07, 6.45) is 4.55. The fourth-order valence-electron chi connectivity index (χ4n) is 0.980. The van der Waals surface area contributed by atoms with E-state index in [2.05, 4.69) is 0 Å². The van der Waals surface area contributed by atoms with E-state index in [9.17, 15) is 4.39 Å². The van der Waals surface area contributed by atoms with Gasteiger partial charge in [-0.1, -0.05) is 24.3 Å². The molecule has 12 heavy (non-hydrogen) atoms. The molecule has 0 fully saturated rings. The highest BCUT2D eigenvalue weighted by atomic mass is 19.1. The van der Waals surface area contributed by atoms with Crippen LogP contribution in [0.2, 0.25) is 0 Å². The SMILES string of the molecule is NC/C=C/Cc1cccc(F)c1. The van der Waals surface area contributed by atoms with E-state index in [-0.39, 0.29) is 5.82 Å². The van der Waals surface area contributed by atoms with Crippen LogP contribution in [0.4, 0.5) is 4.39 Å². The van der Waals surface area contributed by atoms with Crippen LogP contribution in [0.5, 0.6) is 0 Å². The molecule has 64 valence electrons. The molecule has 0 radical (unpaired) electrons. The third kappa shape index (κ3) is 2.84. The molecule has 0 aliphatic heterocycles. The van der Waals surface area contributed by atoms with Crippen LogP contribution in [0.1, 0.15) is 5.56 Å².